The first kappa shape index (κ1) is 19.6. The highest BCUT2D eigenvalue weighted by molar-refractivity contribution is 5.76. The first-order chi connectivity index (χ1) is 13.6. The summed E-state index contributed by atoms with van der Waals surface area (Å²) in [5.41, 5.74) is 2.02. The van der Waals surface area contributed by atoms with Gasteiger partial charge in [-0.1, -0.05) is 43.7 Å². The second-order valence-corrected chi connectivity index (χ2v) is 6.73. The lowest BCUT2D eigenvalue weighted by Gasteiger charge is -2.06. The van der Waals surface area contributed by atoms with E-state index in [0.717, 1.165) is 18.4 Å². The third-order valence-corrected chi connectivity index (χ3v) is 4.55. The third-order valence-electron chi connectivity index (χ3n) is 4.55. The minimum atomic E-state index is -0.218. The van der Waals surface area contributed by atoms with E-state index in [1.54, 1.807) is 6.92 Å². The zero-order valence-electron chi connectivity index (χ0n) is 16.3. The van der Waals surface area contributed by atoms with E-state index in [-0.39, 0.29) is 17.9 Å². The second-order valence-electron chi connectivity index (χ2n) is 6.73. The predicted octanol–water partition coefficient (Wildman–Crippen LogP) is 2.19. The molecular formula is C20H26N6O2. The molecule has 2 heterocycles. The average molecular weight is 382 g/mol. The molecule has 0 spiro atoms. The highest BCUT2D eigenvalue weighted by atomic mass is 16.1. The third kappa shape index (κ3) is 4.76. The molecule has 3 N–H and O–H groups in total. The molecule has 0 bridgehead atoms. The maximum atomic E-state index is 12.8. The quantitative estimate of drug-likeness (QED) is 0.492. The maximum absolute atomic E-state index is 12.8. The number of aromatic nitrogens is 4. The largest absolute Gasteiger partial charge is 0.356 e. The van der Waals surface area contributed by atoms with Crippen LogP contribution in [0.3, 0.4) is 0 Å². The van der Waals surface area contributed by atoms with Gasteiger partial charge in [-0.25, -0.2) is 4.98 Å². The van der Waals surface area contributed by atoms with E-state index in [1.165, 1.54) is 4.52 Å². The lowest BCUT2D eigenvalue weighted by Crippen LogP contribution is -2.27. The van der Waals surface area contributed by atoms with Gasteiger partial charge >= 0.3 is 0 Å². The Morgan fingerprint density at radius 2 is 2.00 bits per heavy atom. The molecular weight excluding hydrogens is 356 g/mol. The Labute approximate surface area is 163 Å². The van der Waals surface area contributed by atoms with Gasteiger partial charge < -0.3 is 10.6 Å². The van der Waals surface area contributed by atoms with Crippen LogP contribution in [0.15, 0.2) is 35.1 Å². The summed E-state index contributed by atoms with van der Waals surface area (Å²) in [6.07, 6.45) is 2.60. The van der Waals surface area contributed by atoms with E-state index in [9.17, 15) is 9.59 Å². The normalized spacial score (nSPS) is 10.9. The summed E-state index contributed by atoms with van der Waals surface area (Å²) in [7, 11) is 0. The first-order valence-corrected chi connectivity index (χ1v) is 9.61. The molecule has 0 aliphatic rings. The molecule has 3 rings (SSSR count). The monoisotopic (exact) mass is 382 g/mol. The van der Waals surface area contributed by atoms with E-state index >= 15 is 0 Å². The van der Waals surface area contributed by atoms with Crippen LogP contribution < -0.4 is 16.2 Å². The lowest BCUT2D eigenvalue weighted by atomic mass is 10.1. The Hall–Kier alpha value is -3.16. The van der Waals surface area contributed by atoms with E-state index < -0.39 is 0 Å². The van der Waals surface area contributed by atoms with Gasteiger partial charge in [0.1, 0.15) is 0 Å². The Bertz CT molecular complexity index is 993. The Kier molecular flexibility index (Phi) is 6.41. The first-order valence-electron chi connectivity index (χ1n) is 9.61. The van der Waals surface area contributed by atoms with Crippen molar-refractivity contribution in [2.45, 2.75) is 46.1 Å². The number of amides is 1. The molecule has 0 radical (unpaired) electrons. The number of aryl methyl sites for hydroxylation is 1. The van der Waals surface area contributed by atoms with Crippen LogP contribution in [0.1, 0.15) is 43.0 Å². The van der Waals surface area contributed by atoms with Crippen molar-refractivity contribution in [3.05, 3.63) is 57.5 Å². The number of H-pyrrole nitrogens is 1. The smallest absolute Gasteiger partial charge is 0.277 e. The van der Waals surface area contributed by atoms with Gasteiger partial charge in [0.05, 0.1) is 5.69 Å². The molecule has 0 aliphatic carbocycles. The molecule has 28 heavy (non-hydrogen) atoms. The van der Waals surface area contributed by atoms with Crippen LogP contribution in [0, 0.1) is 6.92 Å². The van der Waals surface area contributed by atoms with Crippen LogP contribution in [-0.2, 0) is 17.8 Å². The minimum Gasteiger partial charge on any atom is -0.356 e. The molecule has 0 unspecified atom stereocenters. The average Bonchev–Trinajstić information content (AvgIpc) is 3.10. The Morgan fingerprint density at radius 1 is 1.21 bits per heavy atom. The van der Waals surface area contributed by atoms with Crippen LogP contribution in [0.25, 0.3) is 5.78 Å². The SMILES string of the molecule is CCCCNC(=O)CCc1c(C)nc2nc(NCc3ccccc3)[nH]n2c1=O. The zero-order valence-corrected chi connectivity index (χ0v) is 16.3. The fraction of sp³-hybridized carbons (Fsp3) is 0.400. The zero-order chi connectivity index (χ0) is 19.9. The summed E-state index contributed by atoms with van der Waals surface area (Å²) in [6.45, 7) is 5.10. The topological polar surface area (TPSA) is 104 Å². The number of aromatic amines is 1. The lowest BCUT2D eigenvalue weighted by molar-refractivity contribution is -0.121. The van der Waals surface area contributed by atoms with Crippen molar-refractivity contribution in [3.63, 3.8) is 0 Å². The van der Waals surface area contributed by atoms with Crippen molar-refractivity contribution < 1.29 is 4.79 Å². The van der Waals surface area contributed by atoms with Gasteiger partial charge in [0, 0.05) is 25.1 Å². The van der Waals surface area contributed by atoms with Crippen molar-refractivity contribution in [2.75, 3.05) is 11.9 Å². The number of nitrogens with one attached hydrogen (secondary N) is 3. The van der Waals surface area contributed by atoms with Gasteiger partial charge in [-0.15, -0.1) is 0 Å². The summed E-state index contributed by atoms with van der Waals surface area (Å²) in [5, 5.41) is 8.98. The van der Waals surface area contributed by atoms with Gasteiger partial charge in [-0.3, -0.25) is 14.7 Å². The van der Waals surface area contributed by atoms with Gasteiger partial charge in [-0.05, 0) is 25.3 Å². The molecule has 3 aromatic rings. The highest BCUT2D eigenvalue weighted by Crippen LogP contribution is 2.08. The van der Waals surface area contributed by atoms with Crippen LogP contribution >= 0.6 is 0 Å². The molecule has 8 nitrogen and oxygen atoms in total. The second kappa shape index (κ2) is 9.16. The van der Waals surface area contributed by atoms with Gasteiger partial charge in [0.2, 0.25) is 11.9 Å². The summed E-state index contributed by atoms with van der Waals surface area (Å²) in [6, 6.07) is 9.91. The van der Waals surface area contributed by atoms with E-state index in [0.29, 0.717) is 42.5 Å². The van der Waals surface area contributed by atoms with Crippen molar-refractivity contribution in [3.8, 4) is 0 Å². The van der Waals surface area contributed by atoms with Gasteiger partial charge in [-0.2, -0.15) is 9.50 Å². The number of carbonyl (C=O) groups excluding carboxylic acids is 1. The van der Waals surface area contributed by atoms with Gasteiger partial charge in [0.15, 0.2) is 0 Å². The predicted molar refractivity (Wildman–Crippen MR) is 108 cm³/mol. The van der Waals surface area contributed by atoms with E-state index in [2.05, 4.69) is 32.6 Å². The molecule has 0 atom stereocenters. The number of rotatable bonds is 9. The number of benzene rings is 1. The van der Waals surface area contributed by atoms with Crippen molar-refractivity contribution >= 4 is 17.6 Å². The standard InChI is InChI=1S/C20H26N6O2/c1-3-4-12-21-17(27)11-10-16-14(2)23-20-24-19(25-26(20)18(16)28)22-13-15-8-6-5-7-9-15/h5-9H,3-4,10-13H2,1-2H3,(H,21,27)(H2,22,23,24,25). The van der Waals surface area contributed by atoms with Crippen LogP contribution in [-0.4, -0.2) is 32.0 Å². The summed E-state index contributed by atoms with van der Waals surface area (Å²) >= 11 is 0. The Morgan fingerprint density at radius 3 is 2.75 bits per heavy atom. The van der Waals surface area contributed by atoms with E-state index in [1.807, 2.05) is 30.3 Å². The molecule has 148 valence electrons. The van der Waals surface area contributed by atoms with E-state index in [4.69, 9.17) is 0 Å². The number of hydrogen-bond acceptors (Lipinski definition) is 5. The number of hydrogen-bond donors (Lipinski definition) is 3. The van der Waals surface area contributed by atoms with Crippen LogP contribution in [0.4, 0.5) is 5.95 Å². The molecule has 0 fully saturated rings. The number of unbranched alkanes of at least 4 members (excludes halogenated alkanes) is 1. The number of anilines is 1. The van der Waals surface area contributed by atoms with Crippen molar-refractivity contribution in [1.29, 1.82) is 0 Å². The molecule has 0 saturated carbocycles. The highest BCUT2D eigenvalue weighted by Gasteiger charge is 2.14. The van der Waals surface area contributed by atoms with Crippen LogP contribution in [0.5, 0.6) is 0 Å². The molecule has 2 aromatic heterocycles. The molecule has 0 saturated heterocycles. The Balaban J connectivity index is 1.71. The molecule has 0 aliphatic heterocycles. The summed E-state index contributed by atoms with van der Waals surface area (Å²) < 4.78 is 1.32. The maximum Gasteiger partial charge on any atom is 0.277 e. The van der Waals surface area contributed by atoms with Gasteiger partial charge in [0.25, 0.3) is 11.3 Å². The van der Waals surface area contributed by atoms with Crippen molar-refractivity contribution in [2.24, 2.45) is 0 Å². The molecule has 8 heteroatoms. The number of fused-ring (bicyclic) bond motifs is 1. The molecule has 1 amide bonds. The van der Waals surface area contributed by atoms with Crippen LogP contribution in [0.2, 0.25) is 0 Å². The fourth-order valence-electron chi connectivity index (χ4n) is 2.93. The summed E-state index contributed by atoms with van der Waals surface area (Å²) in [4.78, 5) is 33.5. The summed E-state index contributed by atoms with van der Waals surface area (Å²) in [5.74, 6) is 0.740. The minimum absolute atomic E-state index is 0.0489. The number of carbonyl (C=O) groups is 1. The van der Waals surface area contributed by atoms with Crippen molar-refractivity contribution in [1.82, 2.24) is 24.9 Å². The molecule has 1 aromatic carbocycles. The number of nitrogens with zero attached hydrogens (tertiary/aromatic N) is 3. The fourth-order valence-corrected chi connectivity index (χ4v) is 2.93.